The van der Waals surface area contributed by atoms with E-state index in [1.54, 1.807) is 0 Å². The lowest BCUT2D eigenvalue weighted by Gasteiger charge is -2.29. The van der Waals surface area contributed by atoms with Gasteiger partial charge in [0.25, 0.3) is 5.91 Å². The van der Waals surface area contributed by atoms with Gasteiger partial charge in [0.15, 0.2) is 0 Å². The first-order valence-corrected chi connectivity index (χ1v) is 6.19. The molecule has 2 atom stereocenters. The highest BCUT2D eigenvalue weighted by atomic mass is 16.2. The molecule has 0 aliphatic carbocycles. The third-order valence-electron chi connectivity index (χ3n) is 3.03. The highest BCUT2D eigenvalue weighted by Crippen LogP contribution is 2.12. The highest BCUT2D eigenvalue weighted by Gasteiger charge is 2.33. The third kappa shape index (κ3) is 3.53. The number of rotatable bonds is 4. The second-order valence-electron chi connectivity index (χ2n) is 5.13. The number of likely N-dealkylation sites (tertiary alicyclic amines) is 1. The van der Waals surface area contributed by atoms with E-state index in [2.05, 4.69) is 5.32 Å². The van der Waals surface area contributed by atoms with E-state index in [-0.39, 0.29) is 24.1 Å². The zero-order valence-corrected chi connectivity index (χ0v) is 11.1. The molecule has 1 aliphatic heterocycles. The van der Waals surface area contributed by atoms with Gasteiger partial charge in [-0.2, -0.15) is 0 Å². The molecule has 6 nitrogen and oxygen atoms in total. The van der Waals surface area contributed by atoms with Crippen molar-refractivity contribution in [2.75, 3.05) is 7.05 Å². The highest BCUT2D eigenvalue weighted by molar-refractivity contribution is 6.01. The Kier molecular flexibility index (Phi) is 4.84. The monoisotopic (exact) mass is 255 g/mol. The molecule has 0 spiro atoms. The van der Waals surface area contributed by atoms with Crippen LogP contribution in [0, 0.1) is 5.92 Å². The van der Waals surface area contributed by atoms with Gasteiger partial charge in [-0.3, -0.25) is 19.3 Å². The largest absolute Gasteiger partial charge is 0.343 e. The van der Waals surface area contributed by atoms with Gasteiger partial charge in [0.2, 0.25) is 11.8 Å². The van der Waals surface area contributed by atoms with Crippen molar-refractivity contribution in [1.82, 2.24) is 10.2 Å². The van der Waals surface area contributed by atoms with E-state index in [9.17, 15) is 14.4 Å². The number of amides is 3. The van der Waals surface area contributed by atoms with Crippen molar-refractivity contribution in [3.8, 4) is 0 Å². The lowest BCUT2D eigenvalue weighted by atomic mass is 10.0. The Bertz CT molecular complexity index is 354. The van der Waals surface area contributed by atoms with E-state index >= 15 is 0 Å². The summed E-state index contributed by atoms with van der Waals surface area (Å²) in [6, 6.07) is -1.24. The number of likely N-dealkylation sites (N-methyl/N-ethyl adjacent to an activating group) is 1. The summed E-state index contributed by atoms with van der Waals surface area (Å²) in [6.45, 7) is 3.96. The van der Waals surface area contributed by atoms with E-state index < -0.39 is 12.1 Å². The Hall–Kier alpha value is -1.43. The molecule has 102 valence electrons. The molecule has 1 fully saturated rings. The zero-order chi connectivity index (χ0) is 13.9. The van der Waals surface area contributed by atoms with Crippen LogP contribution in [-0.4, -0.2) is 41.8 Å². The molecule has 0 aromatic heterocycles. The van der Waals surface area contributed by atoms with Crippen molar-refractivity contribution < 1.29 is 14.4 Å². The second-order valence-corrected chi connectivity index (χ2v) is 5.13. The minimum absolute atomic E-state index is 0.211. The number of hydrogen-bond acceptors (Lipinski definition) is 4. The fraction of sp³-hybridized carbons (Fsp3) is 0.750. The van der Waals surface area contributed by atoms with Gasteiger partial charge in [0.05, 0.1) is 6.04 Å². The fourth-order valence-corrected chi connectivity index (χ4v) is 1.94. The van der Waals surface area contributed by atoms with E-state index in [4.69, 9.17) is 5.73 Å². The van der Waals surface area contributed by atoms with Crippen LogP contribution in [0.3, 0.4) is 0 Å². The number of piperidine rings is 1. The number of nitrogens with zero attached hydrogens (tertiary/aromatic N) is 1. The summed E-state index contributed by atoms with van der Waals surface area (Å²) in [5, 5.41) is 2.62. The van der Waals surface area contributed by atoms with Crippen LogP contribution in [0.1, 0.15) is 33.1 Å². The lowest BCUT2D eigenvalue weighted by molar-refractivity contribution is -0.149. The normalized spacial score (nSPS) is 22.3. The van der Waals surface area contributed by atoms with Gasteiger partial charge in [-0.1, -0.05) is 13.8 Å². The van der Waals surface area contributed by atoms with Gasteiger partial charge in [-0.05, 0) is 18.8 Å². The van der Waals surface area contributed by atoms with Crippen molar-refractivity contribution in [3.63, 3.8) is 0 Å². The average molecular weight is 255 g/mol. The average Bonchev–Trinajstić information content (AvgIpc) is 2.29. The number of carbonyl (C=O) groups excluding carboxylic acids is 3. The summed E-state index contributed by atoms with van der Waals surface area (Å²) < 4.78 is 0. The van der Waals surface area contributed by atoms with Gasteiger partial charge < -0.3 is 11.1 Å². The summed E-state index contributed by atoms with van der Waals surface area (Å²) in [4.78, 5) is 35.9. The minimum Gasteiger partial charge on any atom is -0.343 e. The van der Waals surface area contributed by atoms with Gasteiger partial charge in [-0.25, -0.2) is 0 Å². The topological polar surface area (TPSA) is 92.5 Å². The van der Waals surface area contributed by atoms with Crippen LogP contribution in [0.15, 0.2) is 0 Å². The predicted molar refractivity (Wildman–Crippen MR) is 66.4 cm³/mol. The van der Waals surface area contributed by atoms with Crippen molar-refractivity contribution in [3.05, 3.63) is 0 Å². The zero-order valence-electron chi connectivity index (χ0n) is 11.1. The maximum absolute atomic E-state index is 11.8. The summed E-state index contributed by atoms with van der Waals surface area (Å²) in [7, 11) is 1.43. The van der Waals surface area contributed by atoms with E-state index in [0.717, 1.165) is 4.90 Å². The van der Waals surface area contributed by atoms with Crippen LogP contribution in [0.25, 0.3) is 0 Å². The van der Waals surface area contributed by atoms with Gasteiger partial charge in [-0.15, -0.1) is 0 Å². The maximum Gasteiger partial charge on any atom is 0.251 e. The quantitative estimate of drug-likeness (QED) is 0.670. The van der Waals surface area contributed by atoms with E-state index in [1.165, 1.54) is 7.05 Å². The molecule has 6 heteroatoms. The second kappa shape index (κ2) is 5.95. The summed E-state index contributed by atoms with van der Waals surface area (Å²) in [5.41, 5.74) is 5.74. The summed E-state index contributed by atoms with van der Waals surface area (Å²) in [6.07, 6.45) is 1.19. The van der Waals surface area contributed by atoms with Crippen LogP contribution >= 0.6 is 0 Å². The molecular weight excluding hydrogens is 234 g/mol. The first-order valence-electron chi connectivity index (χ1n) is 6.19. The van der Waals surface area contributed by atoms with E-state index in [1.807, 2.05) is 13.8 Å². The Balaban J connectivity index is 2.54. The van der Waals surface area contributed by atoms with Gasteiger partial charge in [0, 0.05) is 13.5 Å². The molecule has 0 aromatic rings. The molecule has 0 saturated carbocycles. The first-order chi connectivity index (χ1) is 8.32. The third-order valence-corrected chi connectivity index (χ3v) is 3.03. The Labute approximate surface area is 107 Å². The number of nitrogens with one attached hydrogen (secondary N) is 1. The SMILES string of the molecule is CC(C)C[C@H](N)C(=O)NC1CCC(=O)N(C)C1=O. The van der Waals surface area contributed by atoms with E-state index in [0.29, 0.717) is 18.8 Å². The number of carbonyl (C=O) groups is 3. The van der Waals surface area contributed by atoms with Gasteiger partial charge >= 0.3 is 0 Å². The van der Waals surface area contributed by atoms with Crippen molar-refractivity contribution in [2.24, 2.45) is 11.7 Å². The Morgan fingerprint density at radius 1 is 1.50 bits per heavy atom. The molecule has 3 N–H and O–H groups in total. The van der Waals surface area contributed by atoms with Gasteiger partial charge in [0.1, 0.15) is 6.04 Å². The number of hydrogen-bond donors (Lipinski definition) is 2. The number of imide groups is 1. The van der Waals surface area contributed by atoms with Crippen LogP contribution in [-0.2, 0) is 14.4 Å². The fourth-order valence-electron chi connectivity index (χ4n) is 1.94. The molecule has 1 unspecified atom stereocenters. The molecule has 1 heterocycles. The molecule has 1 rings (SSSR count). The molecule has 1 aliphatic rings. The molecule has 0 aromatic carbocycles. The molecule has 18 heavy (non-hydrogen) atoms. The van der Waals surface area contributed by atoms with Crippen molar-refractivity contribution >= 4 is 17.7 Å². The van der Waals surface area contributed by atoms with Crippen LogP contribution in [0.5, 0.6) is 0 Å². The van der Waals surface area contributed by atoms with Crippen molar-refractivity contribution in [2.45, 2.75) is 45.2 Å². The molecule has 0 radical (unpaired) electrons. The van der Waals surface area contributed by atoms with Crippen LogP contribution < -0.4 is 11.1 Å². The van der Waals surface area contributed by atoms with Crippen LogP contribution in [0.2, 0.25) is 0 Å². The smallest absolute Gasteiger partial charge is 0.251 e. The van der Waals surface area contributed by atoms with Crippen LogP contribution in [0.4, 0.5) is 0 Å². The Morgan fingerprint density at radius 2 is 2.11 bits per heavy atom. The molecule has 3 amide bonds. The Morgan fingerprint density at radius 3 is 2.67 bits per heavy atom. The molecular formula is C12H21N3O3. The standard InChI is InChI=1S/C12H21N3O3/c1-7(2)6-8(13)11(17)14-9-4-5-10(16)15(3)12(9)18/h7-9H,4-6,13H2,1-3H3,(H,14,17)/t8-,9?/m0/s1. The summed E-state index contributed by atoms with van der Waals surface area (Å²) >= 11 is 0. The molecule has 1 saturated heterocycles. The number of nitrogens with two attached hydrogens (primary N) is 1. The maximum atomic E-state index is 11.8. The van der Waals surface area contributed by atoms with Crippen molar-refractivity contribution in [1.29, 1.82) is 0 Å². The predicted octanol–water partition coefficient (Wildman–Crippen LogP) is -0.377. The summed E-state index contributed by atoms with van der Waals surface area (Å²) in [5.74, 6) is -0.588. The first kappa shape index (κ1) is 14.6. The lowest BCUT2D eigenvalue weighted by Crippen LogP contribution is -2.55. The minimum atomic E-state index is -0.626. The molecule has 0 bridgehead atoms.